The number of aliphatic imine (C=N–C) groups is 1. The van der Waals surface area contributed by atoms with Crippen molar-refractivity contribution in [1.29, 1.82) is 0 Å². The van der Waals surface area contributed by atoms with Gasteiger partial charge in [-0.05, 0) is 51.0 Å². The Morgan fingerprint density at radius 3 is 2.64 bits per heavy atom. The summed E-state index contributed by atoms with van der Waals surface area (Å²) < 4.78 is 2.03. The van der Waals surface area contributed by atoms with Crippen molar-refractivity contribution in [2.75, 3.05) is 13.6 Å². The molecule has 1 aromatic carbocycles. The van der Waals surface area contributed by atoms with E-state index >= 15 is 0 Å². The third-order valence-electron chi connectivity index (χ3n) is 3.95. The first-order valence-corrected chi connectivity index (χ1v) is 9.09. The van der Waals surface area contributed by atoms with Crippen molar-refractivity contribution in [3.8, 4) is 0 Å². The van der Waals surface area contributed by atoms with E-state index in [0.717, 1.165) is 36.7 Å². The van der Waals surface area contributed by atoms with Crippen LogP contribution in [-0.2, 0) is 6.54 Å². The Kier molecular flexibility index (Phi) is 7.14. The summed E-state index contributed by atoms with van der Waals surface area (Å²) in [7, 11) is 1.76. The molecular weight excluding hydrogens is 357 g/mol. The van der Waals surface area contributed by atoms with Crippen molar-refractivity contribution in [2.45, 2.75) is 39.8 Å². The summed E-state index contributed by atoms with van der Waals surface area (Å²) >= 11 is 12.2. The number of guanidine groups is 1. The maximum Gasteiger partial charge on any atom is 0.191 e. The number of benzene rings is 1. The van der Waals surface area contributed by atoms with Crippen molar-refractivity contribution in [3.63, 3.8) is 0 Å². The topological polar surface area (TPSA) is 54.2 Å². The smallest absolute Gasteiger partial charge is 0.191 e. The molecule has 0 fully saturated rings. The first-order chi connectivity index (χ1) is 11.9. The molecule has 25 heavy (non-hydrogen) atoms. The Morgan fingerprint density at radius 1 is 1.28 bits per heavy atom. The molecule has 136 valence electrons. The van der Waals surface area contributed by atoms with Crippen LogP contribution in [-0.4, -0.2) is 29.3 Å². The normalized spacial score (nSPS) is 13.0. The van der Waals surface area contributed by atoms with E-state index in [1.165, 1.54) is 5.69 Å². The number of nitrogens with zero attached hydrogens (tertiary/aromatic N) is 3. The highest BCUT2D eigenvalue weighted by atomic mass is 35.5. The minimum atomic E-state index is 0.0203. The van der Waals surface area contributed by atoms with E-state index in [1.807, 2.05) is 30.7 Å². The van der Waals surface area contributed by atoms with Crippen LogP contribution in [0.1, 0.15) is 36.3 Å². The van der Waals surface area contributed by atoms with Gasteiger partial charge in [0.1, 0.15) is 0 Å². The molecule has 0 aliphatic carbocycles. The van der Waals surface area contributed by atoms with Gasteiger partial charge in [0.2, 0.25) is 0 Å². The Labute approximate surface area is 159 Å². The van der Waals surface area contributed by atoms with Gasteiger partial charge >= 0.3 is 0 Å². The molecule has 0 saturated carbocycles. The average Bonchev–Trinajstić information content (AvgIpc) is 2.87. The van der Waals surface area contributed by atoms with Crippen LogP contribution in [0.2, 0.25) is 10.0 Å². The van der Waals surface area contributed by atoms with Gasteiger partial charge in [-0.25, -0.2) is 0 Å². The van der Waals surface area contributed by atoms with Crippen LogP contribution in [0.3, 0.4) is 0 Å². The maximum atomic E-state index is 6.27. The maximum absolute atomic E-state index is 6.27. The molecule has 2 rings (SSSR count). The molecule has 2 N–H and O–H groups in total. The molecule has 5 nitrogen and oxygen atoms in total. The first kappa shape index (κ1) is 19.6. The molecule has 1 atom stereocenters. The molecule has 0 spiro atoms. The average molecular weight is 382 g/mol. The van der Waals surface area contributed by atoms with Gasteiger partial charge in [-0.3, -0.25) is 9.67 Å². The lowest BCUT2D eigenvalue weighted by atomic mass is 10.1. The zero-order valence-electron chi connectivity index (χ0n) is 15.1. The zero-order chi connectivity index (χ0) is 18.4. The van der Waals surface area contributed by atoms with E-state index in [2.05, 4.69) is 33.7 Å². The molecule has 0 bridgehead atoms. The summed E-state index contributed by atoms with van der Waals surface area (Å²) in [6.07, 6.45) is 0.957. The van der Waals surface area contributed by atoms with Crippen molar-refractivity contribution in [1.82, 2.24) is 20.4 Å². The highest BCUT2D eigenvalue weighted by Gasteiger charge is 2.11. The second kappa shape index (κ2) is 9.11. The Hall–Kier alpha value is -1.72. The minimum Gasteiger partial charge on any atom is -0.356 e. The van der Waals surface area contributed by atoms with E-state index in [1.54, 1.807) is 13.1 Å². The highest BCUT2D eigenvalue weighted by molar-refractivity contribution is 6.35. The van der Waals surface area contributed by atoms with Gasteiger partial charge in [-0.2, -0.15) is 5.10 Å². The quantitative estimate of drug-likeness (QED) is 0.449. The molecule has 7 heteroatoms. The van der Waals surface area contributed by atoms with E-state index in [4.69, 9.17) is 23.2 Å². The monoisotopic (exact) mass is 381 g/mol. The fourth-order valence-corrected chi connectivity index (χ4v) is 3.24. The van der Waals surface area contributed by atoms with Crippen LogP contribution < -0.4 is 10.6 Å². The number of nitrogens with one attached hydrogen (secondary N) is 2. The lowest BCUT2D eigenvalue weighted by Gasteiger charge is -2.19. The SMILES string of the molecule is CN=C(NCCCn1nc(C)cc1C)NC(C)c1ccc(Cl)cc1Cl. The van der Waals surface area contributed by atoms with Crippen molar-refractivity contribution < 1.29 is 0 Å². The van der Waals surface area contributed by atoms with Gasteiger partial charge in [-0.15, -0.1) is 0 Å². The fraction of sp³-hybridized carbons (Fsp3) is 0.444. The fourth-order valence-electron chi connectivity index (χ4n) is 2.67. The largest absolute Gasteiger partial charge is 0.356 e. The van der Waals surface area contributed by atoms with Gasteiger partial charge in [-0.1, -0.05) is 29.3 Å². The Balaban J connectivity index is 1.83. The highest BCUT2D eigenvalue weighted by Crippen LogP contribution is 2.25. The molecule has 0 amide bonds. The van der Waals surface area contributed by atoms with Gasteiger partial charge in [0.05, 0.1) is 11.7 Å². The predicted octanol–water partition coefficient (Wildman–Crippen LogP) is 4.12. The van der Waals surface area contributed by atoms with Crippen molar-refractivity contribution in [3.05, 3.63) is 51.3 Å². The second-order valence-electron chi connectivity index (χ2n) is 6.03. The van der Waals surface area contributed by atoms with Gasteiger partial charge in [0.15, 0.2) is 5.96 Å². The minimum absolute atomic E-state index is 0.0203. The lowest BCUT2D eigenvalue weighted by molar-refractivity contribution is 0.553. The van der Waals surface area contributed by atoms with Crippen molar-refractivity contribution in [2.24, 2.45) is 4.99 Å². The summed E-state index contributed by atoms with van der Waals surface area (Å²) in [5.41, 5.74) is 3.22. The predicted molar refractivity (Wildman–Crippen MR) is 106 cm³/mol. The Bertz CT molecular complexity index is 739. The number of aryl methyl sites for hydroxylation is 3. The molecule has 0 aliphatic heterocycles. The van der Waals surface area contributed by atoms with E-state index < -0.39 is 0 Å². The van der Waals surface area contributed by atoms with Gasteiger partial charge in [0.25, 0.3) is 0 Å². The zero-order valence-corrected chi connectivity index (χ0v) is 16.6. The molecule has 0 aliphatic rings. The number of halogens is 2. The number of hydrogen-bond acceptors (Lipinski definition) is 2. The number of rotatable bonds is 6. The van der Waals surface area contributed by atoms with Gasteiger partial charge in [0, 0.05) is 35.9 Å². The molecule has 2 aromatic rings. The third kappa shape index (κ3) is 5.65. The van der Waals surface area contributed by atoms with Crippen LogP contribution in [0.25, 0.3) is 0 Å². The molecule has 1 heterocycles. The van der Waals surface area contributed by atoms with Crippen LogP contribution in [0, 0.1) is 13.8 Å². The van der Waals surface area contributed by atoms with Gasteiger partial charge < -0.3 is 10.6 Å². The molecule has 0 saturated heterocycles. The van der Waals surface area contributed by atoms with Crippen LogP contribution in [0.5, 0.6) is 0 Å². The number of hydrogen-bond donors (Lipinski definition) is 2. The Morgan fingerprint density at radius 2 is 2.04 bits per heavy atom. The molecule has 1 unspecified atom stereocenters. The van der Waals surface area contributed by atoms with Crippen molar-refractivity contribution >= 4 is 29.2 Å². The summed E-state index contributed by atoms with van der Waals surface area (Å²) in [6.45, 7) is 7.81. The molecular formula is C18H25Cl2N5. The second-order valence-corrected chi connectivity index (χ2v) is 6.88. The van der Waals surface area contributed by atoms with E-state index in [-0.39, 0.29) is 6.04 Å². The lowest BCUT2D eigenvalue weighted by Crippen LogP contribution is -2.39. The molecule has 1 aromatic heterocycles. The summed E-state index contributed by atoms with van der Waals surface area (Å²) in [4.78, 5) is 4.27. The molecule has 0 radical (unpaired) electrons. The van der Waals surface area contributed by atoms with E-state index in [0.29, 0.717) is 10.0 Å². The third-order valence-corrected chi connectivity index (χ3v) is 4.51. The van der Waals surface area contributed by atoms with Crippen LogP contribution >= 0.6 is 23.2 Å². The first-order valence-electron chi connectivity index (χ1n) is 8.34. The van der Waals surface area contributed by atoms with Crippen LogP contribution in [0.15, 0.2) is 29.3 Å². The summed E-state index contributed by atoms with van der Waals surface area (Å²) in [6, 6.07) is 7.63. The van der Waals surface area contributed by atoms with E-state index in [9.17, 15) is 0 Å². The summed E-state index contributed by atoms with van der Waals surface area (Å²) in [5.74, 6) is 0.742. The van der Waals surface area contributed by atoms with Crippen LogP contribution in [0.4, 0.5) is 0 Å². The summed E-state index contributed by atoms with van der Waals surface area (Å²) in [5, 5.41) is 12.4. The number of aromatic nitrogens is 2. The standard InChI is InChI=1S/C18H25Cl2N5/c1-12-10-13(2)25(24-12)9-5-8-22-18(21-4)23-14(3)16-7-6-15(19)11-17(16)20/h6-7,10-11,14H,5,8-9H2,1-4H3,(H2,21,22,23).